The lowest BCUT2D eigenvalue weighted by atomic mass is 10.3. The van der Waals surface area contributed by atoms with Gasteiger partial charge in [-0.3, -0.25) is 10.1 Å². The fourth-order valence-corrected chi connectivity index (χ4v) is 2.03. The largest absolute Gasteiger partial charge is 0.398 e. The Hall–Kier alpha value is -2.15. The molecule has 1 heterocycles. The van der Waals surface area contributed by atoms with Gasteiger partial charge in [-0.05, 0) is 23.9 Å². The van der Waals surface area contributed by atoms with Crippen LogP contribution in [0.3, 0.4) is 0 Å². The topological polar surface area (TPSA) is 94.9 Å². The second kappa shape index (κ2) is 4.79. The predicted molar refractivity (Wildman–Crippen MR) is 63.7 cm³/mol. The number of nitrogen functional groups attached to an aromatic ring is 1. The van der Waals surface area contributed by atoms with E-state index in [1.807, 2.05) is 0 Å². The first-order chi connectivity index (χ1) is 8.15. The molecule has 0 fully saturated rings. The summed E-state index contributed by atoms with van der Waals surface area (Å²) in [4.78, 5) is 18.9. The lowest BCUT2D eigenvalue weighted by Crippen LogP contribution is -1.92. The molecule has 2 aromatic rings. The highest BCUT2D eigenvalue weighted by molar-refractivity contribution is 7.99. The molecule has 0 bridgehead atoms. The van der Waals surface area contributed by atoms with Crippen LogP contribution in [-0.4, -0.2) is 14.9 Å². The van der Waals surface area contributed by atoms with Gasteiger partial charge in [0, 0.05) is 35.1 Å². The van der Waals surface area contributed by atoms with Gasteiger partial charge >= 0.3 is 0 Å². The van der Waals surface area contributed by atoms with E-state index >= 15 is 0 Å². The molecule has 86 valence electrons. The van der Waals surface area contributed by atoms with Crippen LogP contribution < -0.4 is 5.73 Å². The second-order valence-corrected chi connectivity index (χ2v) is 4.19. The maximum Gasteiger partial charge on any atom is 0.272 e. The zero-order valence-electron chi connectivity index (χ0n) is 8.61. The van der Waals surface area contributed by atoms with Crippen LogP contribution in [0.2, 0.25) is 0 Å². The van der Waals surface area contributed by atoms with Crippen LogP contribution in [0.5, 0.6) is 0 Å². The fourth-order valence-electron chi connectivity index (χ4n) is 1.21. The number of rotatable bonds is 3. The molecule has 0 aliphatic rings. The number of nitro benzene ring substituents is 1. The number of hydrogen-bond acceptors (Lipinski definition) is 6. The number of nitrogens with zero attached hydrogens (tertiary/aromatic N) is 3. The molecule has 0 atom stereocenters. The molecule has 6 nitrogen and oxygen atoms in total. The summed E-state index contributed by atoms with van der Waals surface area (Å²) in [7, 11) is 0. The predicted octanol–water partition coefficient (Wildman–Crippen LogP) is 2.12. The Kier molecular flexibility index (Phi) is 3.20. The molecule has 2 N–H and O–H groups in total. The highest BCUT2D eigenvalue weighted by atomic mass is 32.2. The van der Waals surface area contributed by atoms with Crippen LogP contribution in [0.15, 0.2) is 46.7 Å². The third-order valence-electron chi connectivity index (χ3n) is 1.88. The number of hydrogen-bond donors (Lipinski definition) is 1. The van der Waals surface area contributed by atoms with Crippen LogP contribution in [0.1, 0.15) is 0 Å². The molecule has 17 heavy (non-hydrogen) atoms. The van der Waals surface area contributed by atoms with Gasteiger partial charge in [0.15, 0.2) is 5.16 Å². The van der Waals surface area contributed by atoms with Crippen LogP contribution in [0.4, 0.5) is 11.4 Å². The molecule has 0 spiro atoms. The summed E-state index contributed by atoms with van der Waals surface area (Å²) in [6.07, 6.45) is 3.21. The molecule has 2 rings (SSSR count). The molecule has 7 heteroatoms. The van der Waals surface area contributed by atoms with Gasteiger partial charge in [0.2, 0.25) is 0 Å². The van der Waals surface area contributed by atoms with Crippen molar-refractivity contribution in [3.63, 3.8) is 0 Å². The summed E-state index contributed by atoms with van der Waals surface area (Å²) in [5, 5.41) is 11.2. The first-order valence-corrected chi connectivity index (χ1v) is 5.46. The lowest BCUT2D eigenvalue weighted by Gasteiger charge is -2.01. The average Bonchev–Trinajstić information content (AvgIpc) is 2.29. The van der Waals surface area contributed by atoms with Gasteiger partial charge in [0.05, 0.1) is 4.92 Å². The zero-order valence-corrected chi connectivity index (χ0v) is 9.42. The van der Waals surface area contributed by atoms with Crippen LogP contribution in [-0.2, 0) is 0 Å². The van der Waals surface area contributed by atoms with Crippen molar-refractivity contribution in [3.8, 4) is 0 Å². The standard InChI is InChI=1S/C10H8N4O2S/c11-7-4-8(14(15)16)6-9(5-7)17-10-12-2-1-3-13-10/h1-6H,11H2. The summed E-state index contributed by atoms with van der Waals surface area (Å²) < 4.78 is 0. The molecule has 0 amide bonds. The fraction of sp³-hybridized carbons (Fsp3) is 0. The summed E-state index contributed by atoms with van der Waals surface area (Å²) in [6.45, 7) is 0. The van der Waals surface area contributed by atoms with Crippen LogP contribution in [0, 0.1) is 10.1 Å². The number of benzene rings is 1. The monoisotopic (exact) mass is 248 g/mol. The van der Waals surface area contributed by atoms with Gasteiger partial charge in [-0.1, -0.05) is 0 Å². The van der Waals surface area contributed by atoms with Crippen molar-refractivity contribution in [1.82, 2.24) is 9.97 Å². The summed E-state index contributed by atoms with van der Waals surface area (Å²) in [6, 6.07) is 6.10. The highest BCUT2D eigenvalue weighted by Gasteiger charge is 2.10. The summed E-state index contributed by atoms with van der Waals surface area (Å²) in [5.41, 5.74) is 5.90. The Morgan fingerprint density at radius 3 is 2.59 bits per heavy atom. The van der Waals surface area contributed by atoms with Crippen molar-refractivity contribution in [3.05, 3.63) is 46.8 Å². The van der Waals surface area contributed by atoms with Crippen molar-refractivity contribution in [2.75, 3.05) is 5.73 Å². The minimum Gasteiger partial charge on any atom is -0.398 e. The molecule has 0 saturated heterocycles. The first kappa shape index (κ1) is 11.3. The Morgan fingerprint density at radius 1 is 1.24 bits per heavy atom. The SMILES string of the molecule is Nc1cc(Sc2ncccn2)cc([N+](=O)[O-])c1. The minimum absolute atomic E-state index is 0.0385. The van der Waals surface area contributed by atoms with Gasteiger partial charge in [0.25, 0.3) is 5.69 Å². The normalized spacial score (nSPS) is 10.1. The Bertz CT molecular complexity index is 547. The van der Waals surface area contributed by atoms with E-state index in [2.05, 4.69) is 9.97 Å². The third-order valence-corrected chi connectivity index (χ3v) is 2.74. The zero-order chi connectivity index (χ0) is 12.3. The number of nitrogens with two attached hydrogens (primary N) is 1. The summed E-state index contributed by atoms with van der Waals surface area (Å²) in [5.74, 6) is 0. The van der Waals surface area contributed by atoms with Gasteiger partial charge in [0.1, 0.15) is 0 Å². The lowest BCUT2D eigenvalue weighted by molar-refractivity contribution is -0.385. The van der Waals surface area contributed by atoms with Gasteiger partial charge in [-0.2, -0.15) is 0 Å². The second-order valence-electron chi connectivity index (χ2n) is 3.15. The van der Waals surface area contributed by atoms with E-state index in [0.717, 1.165) is 0 Å². The van der Waals surface area contributed by atoms with E-state index in [-0.39, 0.29) is 5.69 Å². The Labute approximate surface area is 101 Å². The van der Waals surface area contributed by atoms with Crippen LogP contribution in [0.25, 0.3) is 0 Å². The Balaban J connectivity index is 2.30. The van der Waals surface area contributed by atoms with Gasteiger partial charge in [-0.15, -0.1) is 0 Å². The van der Waals surface area contributed by atoms with Crippen molar-refractivity contribution >= 4 is 23.1 Å². The number of anilines is 1. The smallest absolute Gasteiger partial charge is 0.272 e. The van der Waals surface area contributed by atoms with Gasteiger partial charge < -0.3 is 5.73 Å². The molecule has 1 aromatic carbocycles. The number of non-ortho nitro benzene ring substituents is 1. The van der Waals surface area contributed by atoms with E-state index in [1.165, 1.54) is 23.9 Å². The molecule has 0 radical (unpaired) electrons. The molecule has 0 unspecified atom stereocenters. The van der Waals surface area contributed by atoms with Crippen molar-refractivity contribution < 1.29 is 4.92 Å². The highest BCUT2D eigenvalue weighted by Crippen LogP contribution is 2.29. The molecule has 0 saturated carbocycles. The van der Waals surface area contributed by atoms with E-state index < -0.39 is 4.92 Å². The number of nitro groups is 1. The summed E-state index contributed by atoms with van der Waals surface area (Å²) >= 11 is 1.23. The quantitative estimate of drug-likeness (QED) is 0.387. The average molecular weight is 248 g/mol. The van der Waals surface area contributed by atoms with E-state index in [4.69, 9.17) is 5.73 Å². The third kappa shape index (κ3) is 2.91. The van der Waals surface area contributed by atoms with Crippen molar-refractivity contribution in [2.45, 2.75) is 10.1 Å². The van der Waals surface area contributed by atoms with E-state index in [1.54, 1.807) is 24.5 Å². The van der Waals surface area contributed by atoms with E-state index in [0.29, 0.717) is 15.7 Å². The number of aromatic nitrogens is 2. The maximum atomic E-state index is 10.7. The van der Waals surface area contributed by atoms with Crippen molar-refractivity contribution in [1.29, 1.82) is 0 Å². The molecular weight excluding hydrogens is 240 g/mol. The van der Waals surface area contributed by atoms with Gasteiger partial charge in [-0.25, -0.2) is 9.97 Å². The molecule has 1 aromatic heterocycles. The Morgan fingerprint density at radius 2 is 1.94 bits per heavy atom. The minimum atomic E-state index is -0.480. The van der Waals surface area contributed by atoms with Crippen molar-refractivity contribution in [2.24, 2.45) is 0 Å². The molecule has 0 aliphatic carbocycles. The maximum absolute atomic E-state index is 10.7. The first-order valence-electron chi connectivity index (χ1n) is 4.65. The van der Waals surface area contributed by atoms with Crippen LogP contribution >= 0.6 is 11.8 Å². The molecular formula is C10H8N4O2S. The molecule has 0 aliphatic heterocycles. The van der Waals surface area contributed by atoms with E-state index in [9.17, 15) is 10.1 Å².